The molecule has 0 radical (unpaired) electrons. The largest absolute Gasteiger partial charge is 0.483 e. The minimum absolute atomic E-state index is 0.0765. The van der Waals surface area contributed by atoms with Crippen LogP contribution < -0.4 is 4.74 Å². The van der Waals surface area contributed by atoms with E-state index in [0.29, 0.717) is 16.9 Å². The molecule has 0 aromatic heterocycles. The Morgan fingerprint density at radius 2 is 1.90 bits per heavy atom. The molecule has 3 nitrogen and oxygen atoms in total. The van der Waals surface area contributed by atoms with Crippen LogP contribution in [0.5, 0.6) is 5.75 Å². The highest BCUT2D eigenvalue weighted by molar-refractivity contribution is 5.99. The van der Waals surface area contributed by atoms with E-state index in [0.717, 1.165) is 5.56 Å². The molecule has 1 unspecified atom stereocenters. The molecule has 20 heavy (non-hydrogen) atoms. The van der Waals surface area contributed by atoms with Crippen LogP contribution in [-0.2, 0) is 0 Å². The fourth-order valence-corrected chi connectivity index (χ4v) is 1.85. The summed E-state index contributed by atoms with van der Waals surface area (Å²) in [5.74, 6) is 0.448. The minimum Gasteiger partial charge on any atom is -0.483 e. The van der Waals surface area contributed by atoms with Crippen molar-refractivity contribution in [3.05, 3.63) is 65.2 Å². The molecule has 0 aliphatic heterocycles. The van der Waals surface area contributed by atoms with Gasteiger partial charge in [-0.15, -0.1) is 0 Å². The number of hydrogen-bond acceptors (Lipinski definition) is 3. The molecule has 0 saturated carbocycles. The number of ether oxygens (including phenoxy) is 1. The predicted molar refractivity (Wildman–Crippen MR) is 76.8 cm³/mol. The summed E-state index contributed by atoms with van der Waals surface area (Å²) in [6.07, 6.45) is -0.591. The van der Waals surface area contributed by atoms with Crippen LogP contribution in [0.15, 0.2) is 48.5 Å². The number of aryl methyl sites for hydroxylation is 1. The lowest BCUT2D eigenvalue weighted by molar-refractivity contribution is 0.0818. The maximum Gasteiger partial charge on any atom is 0.202 e. The molecule has 2 aromatic carbocycles. The first-order chi connectivity index (χ1) is 9.60. The van der Waals surface area contributed by atoms with E-state index in [1.165, 1.54) is 0 Å². The Kier molecular flexibility index (Phi) is 4.17. The minimum atomic E-state index is -0.591. The van der Waals surface area contributed by atoms with Crippen LogP contribution in [0.25, 0.3) is 0 Å². The van der Waals surface area contributed by atoms with Gasteiger partial charge in [0.05, 0.1) is 11.6 Å². The van der Waals surface area contributed by atoms with Crippen LogP contribution in [0.2, 0.25) is 0 Å². The van der Waals surface area contributed by atoms with Gasteiger partial charge >= 0.3 is 0 Å². The zero-order valence-electron chi connectivity index (χ0n) is 11.5. The molecule has 0 N–H and O–H groups in total. The summed E-state index contributed by atoms with van der Waals surface area (Å²) in [5, 5.41) is 8.84. The van der Waals surface area contributed by atoms with Gasteiger partial charge in [-0.05, 0) is 32.0 Å². The van der Waals surface area contributed by atoms with Gasteiger partial charge < -0.3 is 4.74 Å². The maximum absolute atomic E-state index is 12.2. The molecule has 100 valence electrons. The number of carbonyl (C=O) groups is 1. The van der Waals surface area contributed by atoms with Crippen molar-refractivity contribution >= 4 is 5.78 Å². The number of rotatable bonds is 4. The van der Waals surface area contributed by atoms with Crippen molar-refractivity contribution in [2.45, 2.75) is 20.0 Å². The van der Waals surface area contributed by atoms with E-state index < -0.39 is 6.10 Å². The van der Waals surface area contributed by atoms with E-state index in [-0.39, 0.29) is 5.78 Å². The van der Waals surface area contributed by atoms with Crippen molar-refractivity contribution in [2.24, 2.45) is 0 Å². The average Bonchev–Trinajstić information content (AvgIpc) is 2.47. The molecule has 0 spiro atoms. The van der Waals surface area contributed by atoms with E-state index in [1.807, 2.05) is 25.1 Å². The molecule has 0 aliphatic carbocycles. The van der Waals surface area contributed by atoms with Gasteiger partial charge in [-0.25, -0.2) is 0 Å². The van der Waals surface area contributed by atoms with E-state index in [2.05, 4.69) is 0 Å². The normalized spacial score (nSPS) is 11.4. The van der Waals surface area contributed by atoms with E-state index in [1.54, 1.807) is 43.3 Å². The first-order valence-corrected chi connectivity index (χ1v) is 6.38. The molecule has 1 atom stereocenters. The summed E-state index contributed by atoms with van der Waals surface area (Å²) in [6.45, 7) is 3.68. The molecule has 0 saturated heterocycles. The second kappa shape index (κ2) is 6.03. The number of nitrogens with zero attached hydrogens (tertiary/aromatic N) is 1. The summed E-state index contributed by atoms with van der Waals surface area (Å²) in [5.41, 5.74) is 2.24. The van der Waals surface area contributed by atoms with Gasteiger partial charge in [0.25, 0.3) is 0 Å². The Balaban J connectivity index is 2.11. The van der Waals surface area contributed by atoms with Crippen LogP contribution in [0, 0.1) is 18.3 Å². The molecular weight excluding hydrogens is 250 g/mol. The molecule has 0 aliphatic rings. The maximum atomic E-state index is 12.2. The summed E-state index contributed by atoms with van der Waals surface area (Å²) in [4.78, 5) is 12.2. The van der Waals surface area contributed by atoms with Crippen LogP contribution in [-0.4, -0.2) is 11.9 Å². The summed E-state index contributed by atoms with van der Waals surface area (Å²) >= 11 is 0. The second-order valence-corrected chi connectivity index (χ2v) is 4.63. The Bertz CT molecular complexity index is 653. The number of benzene rings is 2. The lowest BCUT2D eigenvalue weighted by atomic mass is 10.1. The zero-order chi connectivity index (χ0) is 14.5. The molecular formula is C17H15NO2. The first kappa shape index (κ1) is 13.8. The van der Waals surface area contributed by atoms with Crippen molar-refractivity contribution in [1.29, 1.82) is 5.26 Å². The standard InChI is InChI=1S/C17H15NO2/c1-12-6-8-15(9-7-12)17(19)13(2)20-16-5-3-4-14(10-16)11-18/h3-10,13H,1-2H3. The van der Waals surface area contributed by atoms with Gasteiger partial charge in [0, 0.05) is 5.56 Å². The Hall–Kier alpha value is -2.60. The third kappa shape index (κ3) is 3.24. The number of Topliss-reactive ketones (excluding diaryl/α,β-unsaturated/α-hetero) is 1. The van der Waals surface area contributed by atoms with E-state index in [9.17, 15) is 4.79 Å². The smallest absolute Gasteiger partial charge is 0.202 e. The predicted octanol–water partition coefficient (Wildman–Crippen LogP) is 3.52. The summed E-state index contributed by atoms with van der Waals surface area (Å²) in [6, 6.07) is 16.2. The van der Waals surface area contributed by atoms with Crippen LogP contribution >= 0.6 is 0 Å². The third-order valence-electron chi connectivity index (χ3n) is 2.98. The fraction of sp³-hybridized carbons (Fsp3) is 0.176. The molecule has 0 heterocycles. The van der Waals surface area contributed by atoms with Crippen molar-refractivity contribution in [3.63, 3.8) is 0 Å². The topological polar surface area (TPSA) is 50.1 Å². The fourth-order valence-electron chi connectivity index (χ4n) is 1.85. The summed E-state index contributed by atoms with van der Waals surface area (Å²) in [7, 11) is 0. The van der Waals surface area contributed by atoms with Gasteiger partial charge in [0.2, 0.25) is 5.78 Å². The molecule has 0 amide bonds. The molecule has 0 bridgehead atoms. The highest BCUT2D eigenvalue weighted by Gasteiger charge is 2.16. The highest BCUT2D eigenvalue weighted by atomic mass is 16.5. The lowest BCUT2D eigenvalue weighted by Crippen LogP contribution is -2.23. The van der Waals surface area contributed by atoms with Gasteiger partial charge in [-0.1, -0.05) is 35.9 Å². The van der Waals surface area contributed by atoms with Crippen LogP contribution in [0.4, 0.5) is 0 Å². The van der Waals surface area contributed by atoms with Crippen molar-refractivity contribution in [2.75, 3.05) is 0 Å². The number of hydrogen-bond donors (Lipinski definition) is 0. The quantitative estimate of drug-likeness (QED) is 0.795. The molecule has 2 aromatic rings. The average molecular weight is 265 g/mol. The van der Waals surface area contributed by atoms with Crippen molar-refractivity contribution in [1.82, 2.24) is 0 Å². The summed E-state index contributed by atoms with van der Waals surface area (Å²) < 4.78 is 5.60. The highest BCUT2D eigenvalue weighted by Crippen LogP contribution is 2.16. The van der Waals surface area contributed by atoms with Crippen molar-refractivity contribution < 1.29 is 9.53 Å². The third-order valence-corrected chi connectivity index (χ3v) is 2.98. The first-order valence-electron chi connectivity index (χ1n) is 6.38. The number of carbonyl (C=O) groups excluding carboxylic acids is 1. The lowest BCUT2D eigenvalue weighted by Gasteiger charge is -2.14. The number of ketones is 1. The SMILES string of the molecule is Cc1ccc(C(=O)C(C)Oc2cccc(C#N)c2)cc1. The Labute approximate surface area is 118 Å². The van der Waals surface area contributed by atoms with Gasteiger partial charge in [0.15, 0.2) is 6.10 Å². The molecule has 0 fully saturated rings. The second-order valence-electron chi connectivity index (χ2n) is 4.63. The zero-order valence-corrected chi connectivity index (χ0v) is 11.5. The van der Waals surface area contributed by atoms with Crippen molar-refractivity contribution in [3.8, 4) is 11.8 Å². The van der Waals surface area contributed by atoms with E-state index >= 15 is 0 Å². The molecule has 2 rings (SSSR count). The van der Waals surface area contributed by atoms with E-state index in [4.69, 9.17) is 10.00 Å². The van der Waals surface area contributed by atoms with Crippen LogP contribution in [0.1, 0.15) is 28.4 Å². The van der Waals surface area contributed by atoms with Gasteiger partial charge in [-0.2, -0.15) is 5.26 Å². The Morgan fingerprint density at radius 1 is 1.20 bits per heavy atom. The number of nitriles is 1. The van der Waals surface area contributed by atoms with Crippen LogP contribution in [0.3, 0.4) is 0 Å². The molecule has 3 heteroatoms. The Morgan fingerprint density at radius 3 is 2.55 bits per heavy atom. The monoisotopic (exact) mass is 265 g/mol. The van der Waals surface area contributed by atoms with Gasteiger partial charge in [0.1, 0.15) is 5.75 Å². The van der Waals surface area contributed by atoms with Gasteiger partial charge in [-0.3, -0.25) is 4.79 Å².